The van der Waals surface area contributed by atoms with Gasteiger partial charge >= 0.3 is 0 Å². The first-order valence-electron chi connectivity index (χ1n) is 6.82. The Hall–Kier alpha value is -2.24. The molecule has 0 bridgehead atoms. The fourth-order valence-corrected chi connectivity index (χ4v) is 2.55. The highest BCUT2D eigenvalue weighted by atomic mass is 35.5. The molecule has 2 amide bonds. The molecule has 2 N–H and O–H groups in total. The van der Waals surface area contributed by atoms with Crippen LogP contribution in [0.5, 0.6) is 5.75 Å². The average Bonchev–Trinajstić information content (AvgIpc) is 2.51. The van der Waals surface area contributed by atoms with Crippen molar-refractivity contribution in [2.24, 2.45) is 0 Å². The Kier molecular flexibility index (Phi) is 4.15. The third kappa shape index (κ3) is 3.11. The summed E-state index contributed by atoms with van der Waals surface area (Å²) in [5.41, 5.74) is 1.28. The number of carbonyl (C=O) groups is 2. The zero-order chi connectivity index (χ0) is 16.6. The van der Waals surface area contributed by atoms with Gasteiger partial charge in [-0.25, -0.2) is 0 Å². The molecule has 1 aliphatic rings. The first-order chi connectivity index (χ1) is 11.0. The van der Waals surface area contributed by atoms with Crippen molar-refractivity contribution in [2.75, 3.05) is 10.6 Å². The highest BCUT2D eigenvalue weighted by Crippen LogP contribution is 2.33. The molecule has 3 rings (SSSR count). The highest BCUT2D eigenvalue weighted by Gasteiger charge is 2.23. The molecule has 118 valence electrons. The normalized spacial score (nSPS) is 16.1. The van der Waals surface area contributed by atoms with E-state index in [0.717, 1.165) is 0 Å². The molecule has 0 saturated heterocycles. The summed E-state index contributed by atoms with van der Waals surface area (Å²) in [6.45, 7) is 1.66. The van der Waals surface area contributed by atoms with E-state index < -0.39 is 12.0 Å². The maximum absolute atomic E-state index is 12.3. The topological polar surface area (TPSA) is 67.4 Å². The van der Waals surface area contributed by atoms with Gasteiger partial charge in [0.15, 0.2) is 6.10 Å². The summed E-state index contributed by atoms with van der Waals surface area (Å²) in [6, 6.07) is 9.81. The van der Waals surface area contributed by atoms with Gasteiger partial charge in [0.1, 0.15) is 5.75 Å². The number of anilines is 2. The van der Waals surface area contributed by atoms with Crippen molar-refractivity contribution in [3.63, 3.8) is 0 Å². The standard InChI is InChI=1S/C16H12Cl2N2O3/c1-8-15(21)20-12-7-9(5-6-13(12)23-8)19-16(22)10-3-2-4-11(17)14(10)18/h2-8H,1H3,(H,19,22)(H,20,21)/t8-/m1/s1. The molecule has 2 aromatic rings. The monoisotopic (exact) mass is 350 g/mol. The van der Waals surface area contributed by atoms with E-state index in [2.05, 4.69) is 10.6 Å². The lowest BCUT2D eigenvalue weighted by Crippen LogP contribution is -2.34. The van der Waals surface area contributed by atoms with Gasteiger partial charge in [0.2, 0.25) is 0 Å². The van der Waals surface area contributed by atoms with Crippen molar-refractivity contribution >= 4 is 46.4 Å². The van der Waals surface area contributed by atoms with E-state index in [9.17, 15) is 9.59 Å². The number of ether oxygens (including phenoxy) is 1. The van der Waals surface area contributed by atoms with E-state index >= 15 is 0 Å². The highest BCUT2D eigenvalue weighted by molar-refractivity contribution is 6.44. The smallest absolute Gasteiger partial charge is 0.265 e. The molecule has 0 aromatic heterocycles. The summed E-state index contributed by atoms with van der Waals surface area (Å²) < 4.78 is 5.46. The van der Waals surface area contributed by atoms with Crippen LogP contribution in [0.3, 0.4) is 0 Å². The largest absolute Gasteiger partial charge is 0.479 e. The van der Waals surface area contributed by atoms with Crippen LogP contribution >= 0.6 is 23.2 Å². The van der Waals surface area contributed by atoms with E-state index in [1.165, 1.54) is 0 Å². The van der Waals surface area contributed by atoms with Gasteiger partial charge in [0.25, 0.3) is 11.8 Å². The van der Waals surface area contributed by atoms with Crippen molar-refractivity contribution in [1.29, 1.82) is 0 Å². The number of hydrogen-bond donors (Lipinski definition) is 2. The molecular weight excluding hydrogens is 339 g/mol. The van der Waals surface area contributed by atoms with E-state index in [1.54, 1.807) is 43.3 Å². The van der Waals surface area contributed by atoms with Crippen LogP contribution in [0.2, 0.25) is 10.0 Å². The second kappa shape index (κ2) is 6.10. The Labute approximate surface area is 142 Å². The van der Waals surface area contributed by atoms with Crippen LogP contribution in [-0.4, -0.2) is 17.9 Å². The predicted molar refractivity (Wildman–Crippen MR) is 89.6 cm³/mol. The van der Waals surface area contributed by atoms with Gasteiger partial charge in [-0.05, 0) is 37.3 Å². The minimum absolute atomic E-state index is 0.190. The lowest BCUT2D eigenvalue weighted by Gasteiger charge is -2.23. The van der Waals surface area contributed by atoms with Crippen molar-refractivity contribution in [3.8, 4) is 5.75 Å². The molecular formula is C16H12Cl2N2O3. The average molecular weight is 351 g/mol. The summed E-state index contributed by atoms with van der Waals surface area (Å²) in [6.07, 6.45) is -0.548. The Balaban J connectivity index is 1.84. The zero-order valence-corrected chi connectivity index (χ0v) is 13.5. The fourth-order valence-electron chi connectivity index (χ4n) is 2.16. The van der Waals surface area contributed by atoms with Crippen LogP contribution in [-0.2, 0) is 4.79 Å². The lowest BCUT2D eigenvalue weighted by atomic mass is 10.2. The Morgan fingerprint density at radius 2 is 2.04 bits per heavy atom. The fraction of sp³-hybridized carbons (Fsp3) is 0.125. The summed E-state index contributed by atoms with van der Waals surface area (Å²) in [5.74, 6) is -0.0800. The first-order valence-corrected chi connectivity index (χ1v) is 7.58. The second-order valence-corrected chi connectivity index (χ2v) is 5.80. The molecule has 5 nitrogen and oxygen atoms in total. The van der Waals surface area contributed by atoms with Crippen LogP contribution < -0.4 is 15.4 Å². The predicted octanol–water partition coefficient (Wildman–Crippen LogP) is 3.97. The van der Waals surface area contributed by atoms with Gasteiger partial charge in [-0.3, -0.25) is 9.59 Å². The van der Waals surface area contributed by atoms with E-state index in [-0.39, 0.29) is 16.5 Å². The molecule has 1 atom stereocenters. The lowest BCUT2D eigenvalue weighted by molar-refractivity contribution is -0.122. The molecule has 0 radical (unpaired) electrons. The molecule has 0 unspecified atom stereocenters. The van der Waals surface area contributed by atoms with Gasteiger partial charge in [-0.2, -0.15) is 0 Å². The van der Waals surface area contributed by atoms with Crippen molar-refractivity contribution < 1.29 is 14.3 Å². The Bertz CT molecular complexity index is 808. The number of carbonyl (C=O) groups excluding carboxylic acids is 2. The summed E-state index contributed by atoms with van der Waals surface area (Å²) >= 11 is 11.9. The number of fused-ring (bicyclic) bond motifs is 1. The number of rotatable bonds is 2. The molecule has 7 heteroatoms. The Morgan fingerprint density at radius 3 is 2.83 bits per heavy atom. The molecule has 1 aliphatic heterocycles. The van der Waals surface area contributed by atoms with Crippen LogP contribution in [0, 0.1) is 0 Å². The van der Waals surface area contributed by atoms with Crippen LogP contribution in [0.4, 0.5) is 11.4 Å². The van der Waals surface area contributed by atoms with E-state index in [1.807, 2.05) is 0 Å². The summed E-state index contributed by atoms with van der Waals surface area (Å²) in [7, 11) is 0. The number of nitrogens with one attached hydrogen (secondary N) is 2. The van der Waals surface area contributed by atoms with E-state index in [4.69, 9.17) is 27.9 Å². The maximum atomic E-state index is 12.3. The zero-order valence-electron chi connectivity index (χ0n) is 12.0. The molecule has 0 fully saturated rings. The molecule has 1 heterocycles. The quantitative estimate of drug-likeness (QED) is 0.861. The molecule has 0 saturated carbocycles. The van der Waals surface area contributed by atoms with E-state index in [0.29, 0.717) is 22.1 Å². The third-order valence-electron chi connectivity index (χ3n) is 3.36. The molecule has 23 heavy (non-hydrogen) atoms. The van der Waals surface area contributed by atoms with Gasteiger partial charge in [-0.15, -0.1) is 0 Å². The Morgan fingerprint density at radius 1 is 1.26 bits per heavy atom. The van der Waals surface area contributed by atoms with Crippen LogP contribution in [0.1, 0.15) is 17.3 Å². The van der Waals surface area contributed by atoms with Gasteiger partial charge in [0.05, 0.1) is 21.3 Å². The minimum Gasteiger partial charge on any atom is -0.479 e. The molecule has 2 aromatic carbocycles. The van der Waals surface area contributed by atoms with Gasteiger partial charge in [-0.1, -0.05) is 29.3 Å². The maximum Gasteiger partial charge on any atom is 0.265 e. The third-order valence-corrected chi connectivity index (χ3v) is 4.18. The van der Waals surface area contributed by atoms with Crippen LogP contribution in [0.15, 0.2) is 36.4 Å². The number of amides is 2. The number of halogens is 2. The number of hydrogen-bond acceptors (Lipinski definition) is 3. The number of benzene rings is 2. The van der Waals surface area contributed by atoms with Crippen molar-refractivity contribution in [2.45, 2.75) is 13.0 Å². The summed E-state index contributed by atoms with van der Waals surface area (Å²) in [4.78, 5) is 23.9. The summed E-state index contributed by atoms with van der Waals surface area (Å²) in [5, 5.41) is 5.93. The SMILES string of the molecule is C[C@H]1Oc2ccc(NC(=O)c3cccc(Cl)c3Cl)cc2NC1=O. The van der Waals surface area contributed by atoms with Gasteiger partial charge < -0.3 is 15.4 Å². The molecule has 0 aliphatic carbocycles. The van der Waals surface area contributed by atoms with Crippen LogP contribution in [0.25, 0.3) is 0 Å². The van der Waals surface area contributed by atoms with Crippen molar-refractivity contribution in [3.05, 3.63) is 52.0 Å². The first kappa shape index (κ1) is 15.6. The van der Waals surface area contributed by atoms with Gasteiger partial charge in [0, 0.05) is 5.69 Å². The van der Waals surface area contributed by atoms with Crippen molar-refractivity contribution in [1.82, 2.24) is 0 Å². The second-order valence-electron chi connectivity index (χ2n) is 5.02. The molecule has 0 spiro atoms. The minimum atomic E-state index is -0.548.